The van der Waals surface area contributed by atoms with Crippen molar-refractivity contribution in [1.29, 1.82) is 0 Å². The molecule has 6 heteroatoms. The number of aliphatic hydroxyl groups is 2. The predicted molar refractivity (Wildman–Crippen MR) is 54.7 cm³/mol. The van der Waals surface area contributed by atoms with Crippen molar-refractivity contribution in [1.82, 2.24) is 0 Å². The van der Waals surface area contributed by atoms with Crippen molar-refractivity contribution in [3.05, 3.63) is 34.1 Å². The van der Waals surface area contributed by atoms with E-state index in [0.29, 0.717) is 0 Å². The number of aryl methyl sites for hydroxylation is 1. The van der Waals surface area contributed by atoms with E-state index in [2.05, 4.69) is 0 Å². The van der Waals surface area contributed by atoms with Gasteiger partial charge in [0.1, 0.15) is 11.9 Å². The van der Waals surface area contributed by atoms with E-state index in [9.17, 15) is 14.3 Å². The highest BCUT2D eigenvalue weighted by molar-refractivity contribution is 6.31. The first kappa shape index (κ1) is 12.9. The molecule has 0 saturated heterocycles. The molecule has 2 atom stereocenters. The summed E-state index contributed by atoms with van der Waals surface area (Å²) in [5.41, 5.74) is 0.116. The van der Waals surface area contributed by atoms with Gasteiger partial charge in [-0.3, -0.25) is 0 Å². The molecule has 2 unspecified atom stereocenters. The first-order valence-corrected chi connectivity index (χ1v) is 4.77. The van der Waals surface area contributed by atoms with E-state index in [1.54, 1.807) is 0 Å². The maximum Gasteiger partial charge on any atom is 0.335 e. The topological polar surface area (TPSA) is 77.8 Å². The molecule has 0 aliphatic rings. The van der Waals surface area contributed by atoms with Crippen LogP contribution in [0, 0.1) is 12.7 Å². The highest BCUT2D eigenvalue weighted by atomic mass is 35.5. The number of hydrogen-bond donors (Lipinski definition) is 3. The van der Waals surface area contributed by atoms with Gasteiger partial charge in [-0.2, -0.15) is 0 Å². The highest BCUT2D eigenvalue weighted by Gasteiger charge is 2.27. The van der Waals surface area contributed by atoms with E-state index >= 15 is 0 Å². The lowest BCUT2D eigenvalue weighted by atomic mass is 10.0. The maximum atomic E-state index is 13.2. The van der Waals surface area contributed by atoms with E-state index in [1.807, 2.05) is 0 Å². The van der Waals surface area contributed by atoms with Gasteiger partial charge in [-0.15, -0.1) is 0 Å². The predicted octanol–water partition coefficient (Wildman–Crippen LogP) is 1.27. The Bertz CT molecular complexity index is 422. The molecule has 0 saturated carbocycles. The summed E-state index contributed by atoms with van der Waals surface area (Å²) in [4.78, 5) is 10.4. The molecule has 1 aromatic carbocycles. The van der Waals surface area contributed by atoms with Crippen LogP contribution in [0.5, 0.6) is 0 Å². The van der Waals surface area contributed by atoms with Gasteiger partial charge in [0.25, 0.3) is 0 Å². The molecule has 1 rings (SSSR count). The molecule has 0 aliphatic carbocycles. The van der Waals surface area contributed by atoms with E-state index in [4.69, 9.17) is 21.8 Å². The first-order chi connectivity index (χ1) is 7.34. The number of rotatable bonds is 3. The summed E-state index contributed by atoms with van der Waals surface area (Å²) in [5.74, 6) is -2.24. The SMILES string of the molecule is Cc1cc(Cl)c(C(O)C(O)C(=O)O)cc1F. The molecule has 0 spiro atoms. The van der Waals surface area contributed by atoms with E-state index in [1.165, 1.54) is 13.0 Å². The van der Waals surface area contributed by atoms with Crippen molar-refractivity contribution >= 4 is 17.6 Å². The molecule has 3 N–H and O–H groups in total. The second-order valence-electron chi connectivity index (χ2n) is 3.35. The van der Waals surface area contributed by atoms with Gasteiger partial charge in [0, 0.05) is 10.6 Å². The number of hydrogen-bond acceptors (Lipinski definition) is 3. The standard InChI is InChI=1S/C10H10ClFO4/c1-4-2-6(11)5(3-7(4)12)8(13)9(14)10(15)16/h2-3,8-9,13-14H,1H3,(H,15,16). The lowest BCUT2D eigenvalue weighted by molar-refractivity contribution is -0.153. The van der Waals surface area contributed by atoms with Crippen molar-refractivity contribution in [2.24, 2.45) is 0 Å². The zero-order valence-corrected chi connectivity index (χ0v) is 9.07. The van der Waals surface area contributed by atoms with Crippen LogP contribution in [0.1, 0.15) is 17.2 Å². The lowest BCUT2D eigenvalue weighted by Crippen LogP contribution is -2.27. The van der Waals surface area contributed by atoms with Crippen molar-refractivity contribution in [3.8, 4) is 0 Å². The van der Waals surface area contributed by atoms with Crippen LogP contribution in [0.25, 0.3) is 0 Å². The van der Waals surface area contributed by atoms with Gasteiger partial charge in [-0.1, -0.05) is 11.6 Å². The number of carboxylic acids is 1. The second kappa shape index (κ2) is 4.78. The molecule has 0 fully saturated rings. The van der Waals surface area contributed by atoms with Crippen LogP contribution in [0.4, 0.5) is 4.39 Å². The number of carbonyl (C=O) groups is 1. The van der Waals surface area contributed by atoms with Crippen LogP contribution < -0.4 is 0 Å². The smallest absolute Gasteiger partial charge is 0.335 e. The third-order valence-electron chi connectivity index (χ3n) is 2.15. The summed E-state index contributed by atoms with van der Waals surface area (Å²) in [6, 6.07) is 2.17. The molecule has 0 bridgehead atoms. The van der Waals surface area contributed by atoms with Gasteiger partial charge < -0.3 is 15.3 Å². The molecular weight excluding hydrogens is 239 g/mol. The Hall–Kier alpha value is -1.17. The summed E-state index contributed by atoms with van der Waals surface area (Å²) < 4.78 is 13.2. The number of benzene rings is 1. The van der Waals surface area contributed by atoms with Crippen LogP contribution in [0.3, 0.4) is 0 Å². The molecule has 1 aromatic rings. The third kappa shape index (κ3) is 2.49. The zero-order valence-electron chi connectivity index (χ0n) is 8.32. The molecule has 0 amide bonds. The molecule has 16 heavy (non-hydrogen) atoms. The van der Waals surface area contributed by atoms with Gasteiger partial charge in [-0.05, 0) is 24.6 Å². The minimum atomic E-state index is -2.04. The average molecular weight is 249 g/mol. The van der Waals surface area contributed by atoms with Gasteiger partial charge in [0.15, 0.2) is 6.10 Å². The van der Waals surface area contributed by atoms with Gasteiger partial charge >= 0.3 is 5.97 Å². The number of halogens is 2. The molecule has 88 valence electrons. The fraction of sp³-hybridized carbons (Fsp3) is 0.300. The minimum Gasteiger partial charge on any atom is -0.479 e. The van der Waals surface area contributed by atoms with Crippen molar-refractivity contribution in [2.45, 2.75) is 19.1 Å². The Morgan fingerprint density at radius 2 is 2.00 bits per heavy atom. The van der Waals surface area contributed by atoms with Crippen molar-refractivity contribution in [3.63, 3.8) is 0 Å². The monoisotopic (exact) mass is 248 g/mol. The largest absolute Gasteiger partial charge is 0.479 e. The van der Waals surface area contributed by atoms with Crippen molar-refractivity contribution < 1.29 is 24.5 Å². The lowest BCUT2D eigenvalue weighted by Gasteiger charge is -2.16. The fourth-order valence-corrected chi connectivity index (χ4v) is 1.52. The third-order valence-corrected chi connectivity index (χ3v) is 2.48. The Labute approximate surface area is 95.9 Å². The minimum absolute atomic E-state index is 0.00620. The Morgan fingerprint density at radius 1 is 1.44 bits per heavy atom. The molecule has 4 nitrogen and oxygen atoms in total. The van der Waals surface area contributed by atoms with Gasteiger partial charge in [0.2, 0.25) is 0 Å². The van der Waals surface area contributed by atoms with Crippen LogP contribution in [0.2, 0.25) is 5.02 Å². The van der Waals surface area contributed by atoms with Crippen molar-refractivity contribution in [2.75, 3.05) is 0 Å². The van der Waals surface area contributed by atoms with E-state index in [-0.39, 0.29) is 16.1 Å². The summed E-state index contributed by atoms with van der Waals surface area (Å²) >= 11 is 5.71. The maximum absolute atomic E-state index is 13.2. The molecule has 0 aliphatic heterocycles. The summed E-state index contributed by atoms with van der Waals surface area (Å²) in [7, 11) is 0. The number of carboxylic acid groups (broad SMARTS) is 1. The quantitative estimate of drug-likeness (QED) is 0.753. The van der Waals surface area contributed by atoms with Crippen LogP contribution in [-0.4, -0.2) is 27.4 Å². The highest BCUT2D eigenvalue weighted by Crippen LogP contribution is 2.28. The molecular formula is C10H10ClFO4. The van der Waals surface area contributed by atoms with Crippen LogP contribution >= 0.6 is 11.6 Å². The summed E-state index contributed by atoms with van der Waals surface area (Å²) in [6.07, 6.45) is -3.81. The van der Waals surface area contributed by atoms with Crippen LogP contribution in [-0.2, 0) is 4.79 Å². The first-order valence-electron chi connectivity index (χ1n) is 4.39. The Morgan fingerprint density at radius 3 is 2.50 bits per heavy atom. The van der Waals surface area contributed by atoms with E-state index in [0.717, 1.165) is 6.07 Å². The zero-order chi connectivity index (χ0) is 12.5. The summed E-state index contributed by atoms with van der Waals surface area (Å²) in [5, 5.41) is 27.1. The van der Waals surface area contributed by atoms with E-state index < -0.39 is 24.0 Å². The molecule has 0 aromatic heterocycles. The summed E-state index contributed by atoms with van der Waals surface area (Å²) in [6.45, 7) is 1.48. The number of aliphatic carboxylic acids is 1. The van der Waals surface area contributed by atoms with Gasteiger partial charge in [0.05, 0.1) is 0 Å². The Kier molecular flexibility index (Phi) is 3.85. The number of aliphatic hydroxyl groups excluding tert-OH is 2. The van der Waals surface area contributed by atoms with Crippen LogP contribution in [0.15, 0.2) is 12.1 Å². The Balaban J connectivity index is 3.13. The second-order valence-corrected chi connectivity index (χ2v) is 3.76. The van der Waals surface area contributed by atoms with Gasteiger partial charge in [-0.25, -0.2) is 9.18 Å². The average Bonchev–Trinajstić information content (AvgIpc) is 2.21. The molecule has 0 heterocycles. The fourth-order valence-electron chi connectivity index (χ4n) is 1.19. The molecule has 0 radical (unpaired) electrons. The normalized spacial score (nSPS) is 14.6.